The number of hydrogen-bond acceptors (Lipinski definition) is 7. The summed E-state index contributed by atoms with van der Waals surface area (Å²) in [4.78, 5) is 30.7. The second kappa shape index (κ2) is 14.5. The van der Waals surface area contributed by atoms with E-state index in [4.69, 9.17) is 31.2 Å². The number of ether oxygens (including phenoxy) is 1. The van der Waals surface area contributed by atoms with Gasteiger partial charge in [-0.2, -0.15) is 0 Å². The second-order valence-electron chi connectivity index (χ2n) is 11.9. The fraction of sp³-hybridized carbons (Fsp3) is 0.759. The van der Waals surface area contributed by atoms with Gasteiger partial charge in [0.15, 0.2) is 24.2 Å². The number of hydrogen-bond donors (Lipinski definition) is 1. The first-order valence-corrected chi connectivity index (χ1v) is 14.7. The molecule has 0 aromatic carbocycles. The fourth-order valence-corrected chi connectivity index (χ4v) is 4.98. The van der Waals surface area contributed by atoms with E-state index in [0.717, 1.165) is 42.5 Å². The summed E-state index contributed by atoms with van der Waals surface area (Å²) in [7, 11) is 1.81. The SMILES string of the molecule is C=C(C=NCC)CN=C(N=C1CN(CC2CCC(C)CC2)C(C2(OC)CCC2)=N1)C1=NCON1.CC(C)(C)Cl. The highest BCUT2D eigenvalue weighted by Gasteiger charge is 2.47. The molecule has 218 valence electrons. The van der Waals surface area contributed by atoms with Gasteiger partial charge >= 0.3 is 0 Å². The summed E-state index contributed by atoms with van der Waals surface area (Å²) in [5, 5.41) is 0. The fourth-order valence-electron chi connectivity index (χ4n) is 4.98. The molecule has 2 saturated carbocycles. The van der Waals surface area contributed by atoms with Crippen molar-refractivity contribution in [1.82, 2.24) is 10.4 Å². The lowest BCUT2D eigenvalue weighted by atomic mass is 9.78. The molecule has 0 saturated heterocycles. The highest BCUT2D eigenvalue weighted by Crippen LogP contribution is 2.39. The standard InChI is InChI=1S/C25H39N7O2.C4H9Cl/c1-5-26-13-19(3)14-27-22(23-28-17-34-31-23)29-21-16-32(15-20-9-7-18(2)8-10-20)24(30-21)25(33-4)11-6-12-25;1-4(2,3)5/h13,18,20H,3,5-12,14-17H2,1-2,4H3,(H,28,31);1-3H3. The Balaban J connectivity index is 0.000000771. The Hall–Kier alpha value is -2.10. The minimum absolute atomic E-state index is 0.0278. The molecule has 0 unspecified atom stereocenters. The van der Waals surface area contributed by atoms with E-state index >= 15 is 0 Å². The predicted molar refractivity (Wildman–Crippen MR) is 164 cm³/mol. The lowest BCUT2D eigenvalue weighted by Crippen LogP contribution is -2.54. The van der Waals surface area contributed by atoms with Crippen molar-refractivity contribution in [3.05, 3.63) is 12.2 Å². The van der Waals surface area contributed by atoms with Crippen molar-refractivity contribution in [2.24, 2.45) is 36.8 Å². The topological polar surface area (TPSA) is 95.5 Å². The van der Waals surface area contributed by atoms with Crippen LogP contribution in [-0.2, 0) is 9.57 Å². The van der Waals surface area contributed by atoms with Crippen LogP contribution < -0.4 is 5.48 Å². The smallest absolute Gasteiger partial charge is 0.194 e. The molecule has 2 heterocycles. The van der Waals surface area contributed by atoms with Crippen LogP contribution in [0, 0.1) is 11.8 Å². The van der Waals surface area contributed by atoms with Gasteiger partial charge in [-0.05, 0) is 77.2 Å². The zero-order chi connectivity index (χ0) is 28.5. The van der Waals surface area contributed by atoms with Gasteiger partial charge in [-0.15, -0.1) is 11.6 Å². The number of aliphatic imine (C=N–C) groups is 5. The Morgan fingerprint density at radius 3 is 2.51 bits per heavy atom. The van der Waals surface area contributed by atoms with Gasteiger partial charge in [0.2, 0.25) is 0 Å². The number of amidine groups is 4. The molecule has 0 bridgehead atoms. The van der Waals surface area contributed by atoms with Gasteiger partial charge in [0.05, 0.1) is 13.1 Å². The Labute approximate surface area is 240 Å². The quantitative estimate of drug-likeness (QED) is 0.230. The van der Waals surface area contributed by atoms with Crippen molar-refractivity contribution in [2.45, 2.75) is 90.0 Å². The second-order valence-corrected chi connectivity index (χ2v) is 13.0. The minimum atomic E-state index is -0.284. The summed E-state index contributed by atoms with van der Waals surface area (Å²) in [5.41, 5.74) is 3.35. The van der Waals surface area contributed by atoms with E-state index in [0.29, 0.717) is 37.2 Å². The van der Waals surface area contributed by atoms with Crippen LogP contribution in [0.1, 0.15) is 79.6 Å². The van der Waals surface area contributed by atoms with Crippen molar-refractivity contribution < 1.29 is 9.57 Å². The molecule has 0 radical (unpaired) electrons. The lowest BCUT2D eigenvalue weighted by Gasteiger charge is -2.44. The highest BCUT2D eigenvalue weighted by atomic mass is 35.5. The Morgan fingerprint density at radius 2 is 1.97 bits per heavy atom. The van der Waals surface area contributed by atoms with Crippen molar-refractivity contribution >= 4 is 41.2 Å². The molecule has 2 aliphatic heterocycles. The summed E-state index contributed by atoms with van der Waals surface area (Å²) >= 11 is 5.53. The van der Waals surface area contributed by atoms with Crippen LogP contribution >= 0.6 is 11.6 Å². The lowest BCUT2D eigenvalue weighted by molar-refractivity contribution is -0.0211. The third-order valence-corrected chi connectivity index (χ3v) is 7.23. The van der Waals surface area contributed by atoms with E-state index in [2.05, 4.69) is 38.9 Å². The molecule has 39 heavy (non-hydrogen) atoms. The van der Waals surface area contributed by atoms with Crippen LogP contribution in [0.25, 0.3) is 0 Å². The van der Waals surface area contributed by atoms with E-state index in [9.17, 15) is 0 Å². The maximum atomic E-state index is 6.02. The number of methoxy groups -OCH3 is 1. The largest absolute Gasteiger partial charge is 0.370 e. The molecular formula is C29H48ClN7O2. The van der Waals surface area contributed by atoms with Gasteiger partial charge in [-0.1, -0.05) is 26.3 Å². The summed E-state index contributed by atoms with van der Waals surface area (Å²) < 4.78 is 6.02. The van der Waals surface area contributed by atoms with Crippen LogP contribution in [0.15, 0.2) is 37.1 Å². The summed E-state index contributed by atoms with van der Waals surface area (Å²) in [5.74, 6) is 4.32. The maximum absolute atomic E-state index is 6.02. The zero-order valence-electron chi connectivity index (χ0n) is 24.8. The Morgan fingerprint density at radius 1 is 1.28 bits per heavy atom. The molecule has 0 spiro atoms. The van der Waals surface area contributed by atoms with Gasteiger partial charge < -0.3 is 9.64 Å². The number of nitrogens with one attached hydrogen (secondary N) is 1. The number of nitrogens with zero attached hydrogens (tertiary/aromatic N) is 6. The van der Waals surface area contributed by atoms with Crippen LogP contribution in [0.5, 0.6) is 0 Å². The molecular weight excluding hydrogens is 514 g/mol. The minimum Gasteiger partial charge on any atom is -0.370 e. The van der Waals surface area contributed by atoms with Crippen LogP contribution in [0.2, 0.25) is 0 Å². The van der Waals surface area contributed by atoms with Crippen molar-refractivity contribution in [1.29, 1.82) is 0 Å². The van der Waals surface area contributed by atoms with E-state index in [-0.39, 0.29) is 17.2 Å². The number of alkyl halides is 1. The first-order valence-electron chi connectivity index (χ1n) is 14.3. The van der Waals surface area contributed by atoms with Crippen LogP contribution in [0.3, 0.4) is 0 Å². The Bertz CT molecular complexity index is 973. The van der Waals surface area contributed by atoms with Gasteiger partial charge in [-0.3, -0.25) is 14.8 Å². The molecule has 0 amide bonds. The van der Waals surface area contributed by atoms with E-state index in [1.54, 1.807) is 6.21 Å². The molecule has 2 fully saturated rings. The van der Waals surface area contributed by atoms with E-state index in [1.807, 2.05) is 34.8 Å². The van der Waals surface area contributed by atoms with Crippen molar-refractivity contribution in [3.63, 3.8) is 0 Å². The van der Waals surface area contributed by atoms with Crippen LogP contribution in [0.4, 0.5) is 0 Å². The van der Waals surface area contributed by atoms with E-state index < -0.39 is 0 Å². The van der Waals surface area contributed by atoms with Gasteiger partial charge in [0, 0.05) is 31.3 Å². The van der Waals surface area contributed by atoms with E-state index in [1.165, 1.54) is 32.1 Å². The zero-order valence-corrected chi connectivity index (χ0v) is 25.6. The average Bonchev–Trinajstić information content (AvgIpc) is 3.51. The molecule has 10 heteroatoms. The first kappa shape index (κ1) is 31.4. The number of hydroxylamine groups is 1. The summed E-state index contributed by atoms with van der Waals surface area (Å²) in [6, 6.07) is 0. The van der Waals surface area contributed by atoms with Gasteiger partial charge in [-0.25, -0.2) is 20.5 Å². The molecule has 4 aliphatic rings. The van der Waals surface area contributed by atoms with Gasteiger partial charge in [0.1, 0.15) is 11.4 Å². The predicted octanol–water partition coefficient (Wildman–Crippen LogP) is 5.45. The maximum Gasteiger partial charge on any atom is 0.194 e. The summed E-state index contributed by atoms with van der Waals surface area (Å²) in [6.45, 7) is 17.3. The monoisotopic (exact) mass is 561 g/mol. The molecule has 4 rings (SSSR count). The number of halogens is 1. The first-order chi connectivity index (χ1) is 18.5. The van der Waals surface area contributed by atoms with Crippen LogP contribution in [-0.4, -0.2) is 85.0 Å². The van der Waals surface area contributed by atoms with Crippen molar-refractivity contribution in [3.8, 4) is 0 Å². The molecule has 9 nitrogen and oxygen atoms in total. The highest BCUT2D eigenvalue weighted by molar-refractivity contribution is 6.42. The van der Waals surface area contributed by atoms with Crippen molar-refractivity contribution in [2.75, 3.05) is 40.0 Å². The normalized spacial score (nSPS) is 26.1. The average molecular weight is 562 g/mol. The molecule has 0 aromatic rings. The third-order valence-electron chi connectivity index (χ3n) is 7.23. The summed E-state index contributed by atoms with van der Waals surface area (Å²) in [6.07, 6.45) is 10.1. The van der Waals surface area contributed by atoms with Gasteiger partial charge in [0.25, 0.3) is 0 Å². The molecule has 1 N–H and O–H groups in total. The third kappa shape index (κ3) is 9.80. The molecule has 2 aliphatic carbocycles. The Kier molecular flexibility index (Phi) is 11.7. The molecule has 0 aromatic heterocycles. The molecule has 0 atom stereocenters. The number of rotatable bonds is 9.